The van der Waals surface area contributed by atoms with Crippen LogP contribution in [0.5, 0.6) is 0 Å². The van der Waals surface area contributed by atoms with Crippen LogP contribution in [0.25, 0.3) is 0 Å². The first-order valence-electron chi connectivity index (χ1n) is 4.44. The minimum Gasteiger partial charge on any atom is -0.294 e. The van der Waals surface area contributed by atoms with Crippen LogP contribution >= 0.6 is 0 Å². The Morgan fingerprint density at radius 1 is 1.36 bits per heavy atom. The van der Waals surface area contributed by atoms with Crippen molar-refractivity contribution in [3.63, 3.8) is 0 Å². The summed E-state index contributed by atoms with van der Waals surface area (Å²) in [6.07, 6.45) is 1.14. The van der Waals surface area contributed by atoms with Gasteiger partial charge in [0.1, 0.15) is 0 Å². The van der Waals surface area contributed by atoms with Gasteiger partial charge in [0.05, 0.1) is 0 Å². The van der Waals surface area contributed by atoms with Gasteiger partial charge in [0, 0.05) is 22.5 Å². The Morgan fingerprint density at radius 2 is 2.14 bits per heavy atom. The minimum absolute atomic E-state index is 0.102. The number of fused-ring (bicyclic) bond motifs is 1. The molecule has 1 aliphatic carbocycles. The van der Waals surface area contributed by atoms with Crippen LogP contribution in [0.4, 0.5) is 0 Å². The zero-order valence-corrected chi connectivity index (χ0v) is 7.53. The average Bonchev–Trinajstić information content (AvgIpc) is 2.49. The predicted molar refractivity (Wildman–Crippen MR) is 49.8 cm³/mol. The van der Waals surface area contributed by atoms with E-state index in [1.807, 2.05) is 0 Å². The summed E-state index contributed by atoms with van der Waals surface area (Å²) in [5.74, 6) is 0.102. The molecule has 4 nitrogen and oxygen atoms in total. The number of rotatable bonds is 2. The molecule has 0 heterocycles. The van der Waals surface area contributed by atoms with E-state index in [0.29, 0.717) is 24.0 Å². The molecule has 2 rings (SSSR count). The first-order valence-corrected chi connectivity index (χ1v) is 4.44. The molecule has 0 atom stereocenters. The lowest BCUT2D eigenvalue weighted by Crippen LogP contribution is -2.02. The zero-order valence-electron chi connectivity index (χ0n) is 7.53. The second-order valence-electron chi connectivity index (χ2n) is 3.36. The van der Waals surface area contributed by atoms with Crippen LogP contribution in [0, 0.1) is 10.1 Å². The highest BCUT2D eigenvalue weighted by Gasteiger charge is 2.23. The SMILES string of the molecule is O=C1CCc2c(C[N+](=O)[O-])cccc21. The molecule has 1 aliphatic rings. The first-order chi connectivity index (χ1) is 6.68. The lowest BCUT2D eigenvalue weighted by Gasteiger charge is -2.02. The summed E-state index contributed by atoms with van der Waals surface area (Å²) < 4.78 is 0. The summed E-state index contributed by atoms with van der Waals surface area (Å²) in [5, 5.41) is 10.4. The van der Waals surface area contributed by atoms with Crippen LogP contribution in [0.15, 0.2) is 18.2 Å². The third kappa shape index (κ3) is 1.39. The number of nitro groups is 1. The summed E-state index contributed by atoms with van der Waals surface area (Å²) >= 11 is 0. The van der Waals surface area contributed by atoms with Crippen molar-refractivity contribution in [3.05, 3.63) is 45.0 Å². The van der Waals surface area contributed by atoms with Crippen molar-refractivity contribution >= 4 is 5.78 Å². The number of carbonyl (C=O) groups excluding carboxylic acids is 1. The number of benzene rings is 1. The molecular formula is C10H9NO3. The molecule has 4 heteroatoms. The van der Waals surface area contributed by atoms with E-state index in [4.69, 9.17) is 0 Å². The van der Waals surface area contributed by atoms with Crippen molar-refractivity contribution in [1.82, 2.24) is 0 Å². The third-order valence-corrected chi connectivity index (χ3v) is 2.47. The zero-order chi connectivity index (χ0) is 10.1. The first kappa shape index (κ1) is 8.87. The number of nitrogens with zero attached hydrogens (tertiary/aromatic N) is 1. The smallest absolute Gasteiger partial charge is 0.229 e. The predicted octanol–water partition coefficient (Wildman–Crippen LogP) is 1.59. The molecule has 0 saturated heterocycles. The van der Waals surface area contributed by atoms with E-state index in [1.165, 1.54) is 0 Å². The number of hydrogen-bond donors (Lipinski definition) is 0. The van der Waals surface area contributed by atoms with E-state index in [0.717, 1.165) is 5.56 Å². The highest BCUT2D eigenvalue weighted by molar-refractivity contribution is 6.00. The van der Waals surface area contributed by atoms with E-state index in [1.54, 1.807) is 18.2 Å². The van der Waals surface area contributed by atoms with Crippen LogP contribution in [0.3, 0.4) is 0 Å². The fourth-order valence-corrected chi connectivity index (χ4v) is 1.85. The van der Waals surface area contributed by atoms with E-state index in [9.17, 15) is 14.9 Å². The molecule has 0 fully saturated rings. The van der Waals surface area contributed by atoms with Crippen LogP contribution in [-0.2, 0) is 13.0 Å². The molecular weight excluding hydrogens is 182 g/mol. The maximum absolute atomic E-state index is 11.3. The van der Waals surface area contributed by atoms with Gasteiger partial charge in [-0.3, -0.25) is 14.9 Å². The lowest BCUT2D eigenvalue weighted by molar-refractivity contribution is -0.496. The Morgan fingerprint density at radius 3 is 2.86 bits per heavy atom. The van der Waals surface area contributed by atoms with Gasteiger partial charge in [0.25, 0.3) is 0 Å². The van der Waals surface area contributed by atoms with Crippen molar-refractivity contribution in [2.24, 2.45) is 0 Å². The van der Waals surface area contributed by atoms with Gasteiger partial charge < -0.3 is 0 Å². The quantitative estimate of drug-likeness (QED) is 0.526. The van der Waals surface area contributed by atoms with Crippen LogP contribution < -0.4 is 0 Å². The van der Waals surface area contributed by atoms with Gasteiger partial charge in [-0.2, -0.15) is 0 Å². The summed E-state index contributed by atoms with van der Waals surface area (Å²) in [5.41, 5.74) is 2.22. The molecule has 1 aromatic carbocycles. The second kappa shape index (κ2) is 3.21. The molecule has 0 spiro atoms. The molecule has 0 bridgehead atoms. The van der Waals surface area contributed by atoms with Crippen molar-refractivity contribution in [1.29, 1.82) is 0 Å². The lowest BCUT2D eigenvalue weighted by atomic mass is 10.0. The molecule has 72 valence electrons. The Balaban J connectivity index is 2.43. The summed E-state index contributed by atoms with van der Waals surface area (Å²) in [4.78, 5) is 21.3. The molecule has 0 aromatic heterocycles. The largest absolute Gasteiger partial charge is 0.294 e. The molecule has 0 unspecified atom stereocenters. The van der Waals surface area contributed by atoms with Gasteiger partial charge in [0.2, 0.25) is 6.54 Å². The van der Waals surface area contributed by atoms with E-state index in [-0.39, 0.29) is 17.3 Å². The van der Waals surface area contributed by atoms with Gasteiger partial charge in [-0.05, 0) is 12.0 Å². The maximum Gasteiger partial charge on any atom is 0.229 e. The third-order valence-electron chi connectivity index (χ3n) is 2.47. The molecule has 0 aliphatic heterocycles. The monoisotopic (exact) mass is 191 g/mol. The number of hydrogen-bond acceptors (Lipinski definition) is 3. The molecule has 0 amide bonds. The van der Waals surface area contributed by atoms with Gasteiger partial charge in [-0.15, -0.1) is 0 Å². The van der Waals surface area contributed by atoms with Crippen molar-refractivity contribution in [3.8, 4) is 0 Å². The Bertz CT molecular complexity index is 412. The van der Waals surface area contributed by atoms with Gasteiger partial charge in [-0.1, -0.05) is 18.2 Å². The van der Waals surface area contributed by atoms with E-state index < -0.39 is 0 Å². The summed E-state index contributed by atoms with van der Waals surface area (Å²) in [7, 11) is 0. The topological polar surface area (TPSA) is 60.2 Å². The highest BCUT2D eigenvalue weighted by atomic mass is 16.6. The van der Waals surface area contributed by atoms with Crippen LogP contribution in [0.2, 0.25) is 0 Å². The van der Waals surface area contributed by atoms with Gasteiger partial charge in [-0.25, -0.2) is 0 Å². The normalized spacial score (nSPS) is 14.1. The Labute approximate surface area is 80.7 Å². The molecule has 0 saturated carbocycles. The highest BCUT2D eigenvalue weighted by Crippen LogP contribution is 2.25. The Kier molecular flexibility index (Phi) is 2.04. The van der Waals surface area contributed by atoms with Crippen molar-refractivity contribution in [2.45, 2.75) is 19.4 Å². The molecule has 1 aromatic rings. The minimum atomic E-state index is -0.363. The second-order valence-corrected chi connectivity index (χ2v) is 3.36. The maximum atomic E-state index is 11.3. The fraction of sp³-hybridized carbons (Fsp3) is 0.300. The summed E-state index contributed by atoms with van der Waals surface area (Å²) in [6.45, 7) is -0.184. The van der Waals surface area contributed by atoms with E-state index >= 15 is 0 Å². The molecule has 14 heavy (non-hydrogen) atoms. The summed E-state index contributed by atoms with van der Waals surface area (Å²) in [6, 6.07) is 5.18. The number of carbonyl (C=O) groups is 1. The van der Waals surface area contributed by atoms with Gasteiger partial charge in [0.15, 0.2) is 5.78 Å². The van der Waals surface area contributed by atoms with Crippen molar-refractivity contribution < 1.29 is 9.72 Å². The van der Waals surface area contributed by atoms with Crippen molar-refractivity contribution in [2.75, 3.05) is 0 Å². The molecule has 0 radical (unpaired) electrons. The van der Waals surface area contributed by atoms with E-state index in [2.05, 4.69) is 0 Å². The number of ketones is 1. The molecule has 0 N–H and O–H groups in total. The standard InChI is InChI=1S/C10H9NO3/c12-10-5-4-8-7(6-11(13)14)2-1-3-9(8)10/h1-3H,4-6H2. The number of Topliss-reactive ketones (excluding diaryl/α,β-unsaturated/α-hetero) is 1. The fourth-order valence-electron chi connectivity index (χ4n) is 1.85. The van der Waals surface area contributed by atoms with Crippen LogP contribution in [0.1, 0.15) is 27.9 Å². The average molecular weight is 191 g/mol. The Hall–Kier alpha value is -1.71. The van der Waals surface area contributed by atoms with Gasteiger partial charge >= 0.3 is 0 Å². The van der Waals surface area contributed by atoms with Crippen LogP contribution in [-0.4, -0.2) is 10.7 Å².